The van der Waals surface area contributed by atoms with E-state index in [9.17, 15) is 14.7 Å². The molecule has 5 heteroatoms. The van der Waals surface area contributed by atoms with Crippen LogP contribution < -0.4 is 0 Å². The summed E-state index contributed by atoms with van der Waals surface area (Å²) in [5, 5.41) is 9.67. The second-order valence-electron chi connectivity index (χ2n) is 4.87. The van der Waals surface area contributed by atoms with Gasteiger partial charge in [-0.3, -0.25) is 9.59 Å². The molecule has 1 spiro atoms. The van der Waals surface area contributed by atoms with Gasteiger partial charge in [0.05, 0.1) is 12.4 Å². The second kappa shape index (κ2) is 5.10. The SMILES string of the molecule is CCOC(=O)C1C(=O)C=C(O)CC12CCOCC2. The summed E-state index contributed by atoms with van der Waals surface area (Å²) in [6, 6.07) is 0. The van der Waals surface area contributed by atoms with Crippen molar-refractivity contribution in [2.75, 3.05) is 19.8 Å². The molecule has 2 aliphatic rings. The molecule has 1 aliphatic heterocycles. The van der Waals surface area contributed by atoms with Gasteiger partial charge in [-0.2, -0.15) is 0 Å². The van der Waals surface area contributed by atoms with Gasteiger partial charge in [-0.15, -0.1) is 0 Å². The minimum atomic E-state index is -0.794. The van der Waals surface area contributed by atoms with Gasteiger partial charge in [-0.1, -0.05) is 0 Å². The van der Waals surface area contributed by atoms with E-state index in [0.29, 0.717) is 32.5 Å². The molecule has 0 saturated carbocycles. The first-order valence-electron chi connectivity index (χ1n) is 6.27. The number of rotatable bonds is 2. The highest BCUT2D eigenvalue weighted by molar-refractivity contribution is 6.06. The van der Waals surface area contributed by atoms with Crippen LogP contribution in [0.1, 0.15) is 26.2 Å². The van der Waals surface area contributed by atoms with Crippen LogP contribution >= 0.6 is 0 Å². The van der Waals surface area contributed by atoms with Crippen molar-refractivity contribution in [3.8, 4) is 0 Å². The Morgan fingerprint density at radius 3 is 2.83 bits per heavy atom. The quantitative estimate of drug-likeness (QED) is 0.595. The van der Waals surface area contributed by atoms with E-state index in [1.807, 2.05) is 0 Å². The molecular weight excluding hydrogens is 236 g/mol. The molecule has 1 fully saturated rings. The molecule has 0 aromatic carbocycles. The maximum Gasteiger partial charge on any atom is 0.317 e. The van der Waals surface area contributed by atoms with Gasteiger partial charge >= 0.3 is 5.97 Å². The van der Waals surface area contributed by atoms with Crippen LogP contribution in [0.25, 0.3) is 0 Å². The topological polar surface area (TPSA) is 72.8 Å². The minimum Gasteiger partial charge on any atom is -0.512 e. The summed E-state index contributed by atoms with van der Waals surface area (Å²) in [7, 11) is 0. The van der Waals surface area contributed by atoms with Gasteiger partial charge in [-0.05, 0) is 19.8 Å². The lowest BCUT2D eigenvalue weighted by Gasteiger charge is -2.42. The van der Waals surface area contributed by atoms with E-state index >= 15 is 0 Å². The highest BCUT2D eigenvalue weighted by atomic mass is 16.5. The molecule has 18 heavy (non-hydrogen) atoms. The molecule has 0 amide bonds. The third-order valence-electron chi connectivity index (χ3n) is 3.75. The monoisotopic (exact) mass is 254 g/mol. The lowest BCUT2D eigenvalue weighted by atomic mass is 9.63. The van der Waals surface area contributed by atoms with Crippen molar-refractivity contribution in [2.45, 2.75) is 26.2 Å². The van der Waals surface area contributed by atoms with Crippen LogP contribution in [0.2, 0.25) is 0 Å². The molecule has 1 atom stereocenters. The van der Waals surface area contributed by atoms with Crippen LogP contribution in [0.3, 0.4) is 0 Å². The number of carbonyl (C=O) groups is 2. The number of esters is 1. The fraction of sp³-hybridized carbons (Fsp3) is 0.692. The summed E-state index contributed by atoms with van der Waals surface area (Å²) in [4.78, 5) is 24.0. The molecule has 0 aromatic rings. The maximum atomic E-state index is 12.0. The zero-order valence-electron chi connectivity index (χ0n) is 10.5. The summed E-state index contributed by atoms with van der Waals surface area (Å²) in [6.07, 6.45) is 2.70. The Kier molecular flexibility index (Phi) is 3.71. The van der Waals surface area contributed by atoms with Crippen LogP contribution in [0.5, 0.6) is 0 Å². The largest absolute Gasteiger partial charge is 0.512 e. The Morgan fingerprint density at radius 1 is 1.56 bits per heavy atom. The molecule has 1 heterocycles. The number of allylic oxidation sites excluding steroid dienone is 2. The molecule has 1 saturated heterocycles. The number of carbonyl (C=O) groups excluding carboxylic acids is 2. The van der Waals surface area contributed by atoms with Gasteiger partial charge in [0.15, 0.2) is 5.78 Å². The first kappa shape index (κ1) is 13.1. The molecule has 0 radical (unpaired) electrons. The number of ether oxygens (including phenoxy) is 2. The fourth-order valence-electron chi connectivity index (χ4n) is 2.90. The van der Waals surface area contributed by atoms with Crippen molar-refractivity contribution in [3.63, 3.8) is 0 Å². The Morgan fingerprint density at radius 2 is 2.22 bits per heavy atom. The van der Waals surface area contributed by atoms with Crippen molar-refractivity contribution in [1.29, 1.82) is 0 Å². The van der Waals surface area contributed by atoms with Gasteiger partial charge < -0.3 is 14.6 Å². The third kappa shape index (κ3) is 2.27. The summed E-state index contributed by atoms with van der Waals surface area (Å²) >= 11 is 0. The van der Waals surface area contributed by atoms with Gasteiger partial charge in [0.2, 0.25) is 0 Å². The molecule has 1 unspecified atom stereocenters. The summed E-state index contributed by atoms with van der Waals surface area (Å²) in [5.41, 5.74) is -0.527. The third-order valence-corrected chi connectivity index (χ3v) is 3.75. The van der Waals surface area contributed by atoms with E-state index in [4.69, 9.17) is 9.47 Å². The van der Waals surface area contributed by atoms with Crippen molar-refractivity contribution < 1.29 is 24.2 Å². The Labute approximate surface area is 106 Å². The highest BCUT2D eigenvalue weighted by Gasteiger charge is 2.51. The molecule has 1 aliphatic carbocycles. The first-order chi connectivity index (χ1) is 8.59. The van der Waals surface area contributed by atoms with Gasteiger partial charge in [0.1, 0.15) is 5.92 Å². The second-order valence-corrected chi connectivity index (χ2v) is 4.87. The van der Waals surface area contributed by atoms with E-state index in [-0.39, 0.29) is 18.1 Å². The van der Waals surface area contributed by atoms with Crippen molar-refractivity contribution in [2.24, 2.45) is 11.3 Å². The summed E-state index contributed by atoms with van der Waals surface area (Å²) < 4.78 is 10.3. The molecule has 0 bridgehead atoms. The van der Waals surface area contributed by atoms with Crippen LogP contribution in [-0.2, 0) is 19.1 Å². The normalized spacial score (nSPS) is 26.8. The molecular formula is C13H18O5. The van der Waals surface area contributed by atoms with Crippen LogP contribution in [0, 0.1) is 11.3 Å². The smallest absolute Gasteiger partial charge is 0.317 e. The zero-order valence-corrected chi connectivity index (χ0v) is 10.5. The standard InChI is InChI=1S/C13H18O5/c1-2-18-12(16)11-10(15)7-9(14)8-13(11)3-5-17-6-4-13/h7,11,14H,2-6,8H2,1H3. The van der Waals surface area contributed by atoms with E-state index in [1.54, 1.807) is 6.92 Å². The van der Waals surface area contributed by atoms with Crippen LogP contribution in [0.4, 0.5) is 0 Å². The van der Waals surface area contributed by atoms with E-state index < -0.39 is 17.3 Å². The maximum absolute atomic E-state index is 12.0. The van der Waals surface area contributed by atoms with E-state index in [0.717, 1.165) is 6.08 Å². The summed E-state index contributed by atoms with van der Waals surface area (Å²) in [5.74, 6) is -1.56. The average molecular weight is 254 g/mol. The predicted molar refractivity (Wildman–Crippen MR) is 62.9 cm³/mol. The van der Waals surface area contributed by atoms with E-state index in [2.05, 4.69) is 0 Å². The predicted octanol–water partition coefficient (Wildman–Crippen LogP) is 1.38. The lowest BCUT2D eigenvalue weighted by molar-refractivity contribution is -0.160. The number of hydrogen-bond donors (Lipinski definition) is 1. The highest BCUT2D eigenvalue weighted by Crippen LogP contribution is 2.46. The van der Waals surface area contributed by atoms with Gasteiger partial charge in [0.25, 0.3) is 0 Å². The Hall–Kier alpha value is -1.36. The molecule has 0 aromatic heterocycles. The van der Waals surface area contributed by atoms with E-state index in [1.165, 1.54) is 0 Å². The molecule has 1 N–H and O–H groups in total. The number of aliphatic hydroxyl groups is 1. The Balaban J connectivity index is 2.31. The van der Waals surface area contributed by atoms with Crippen molar-refractivity contribution >= 4 is 11.8 Å². The van der Waals surface area contributed by atoms with Crippen LogP contribution in [-0.4, -0.2) is 36.7 Å². The first-order valence-corrected chi connectivity index (χ1v) is 6.27. The molecule has 2 rings (SSSR count). The fourth-order valence-corrected chi connectivity index (χ4v) is 2.90. The van der Waals surface area contributed by atoms with Crippen LogP contribution in [0.15, 0.2) is 11.8 Å². The van der Waals surface area contributed by atoms with Gasteiger partial charge in [-0.25, -0.2) is 0 Å². The minimum absolute atomic E-state index is 0.0578. The lowest BCUT2D eigenvalue weighted by Crippen LogP contribution is -2.47. The van der Waals surface area contributed by atoms with Crippen molar-refractivity contribution in [1.82, 2.24) is 0 Å². The van der Waals surface area contributed by atoms with Gasteiger partial charge in [0, 0.05) is 31.1 Å². The summed E-state index contributed by atoms with van der Waals surface area (Å²) in [6.45, 7) is 2.99. The molecule has 100 valence electrons. The number of ketones is 1. The number of aliphatic hydroxyl groups excluding tert-OH is 1. The zero-order chi connectivity index (χ0) is 13.2. The van der Waals surface area contributed by atoms with Crippen molar-refractivity contribution in [3.05, 3.63) is 11.8 Å². The Bertz CT molecular complexity index is 379. The number of hydrogen-bond acceptors (Lipinski definition) is 5. The molecule has 5 nitrogen and oxygen atoms in total. The average Bonchev–Trinajstić information content (AvgIpc) is 2.28.